The molecule has 1 aromatic carbocycles. The molecule has 0 aromatic heterocycles. The number of benzene rings is 1. The van der Waals surface area contributed by atoms with Crippen molar-refractivity contribution >= 4 is 17.6 Å². The van der Waals surface area contributed by atoms with Gasteiger partial charge in [0, 0.05) is 25.3 Å². The Bertz CT molecular complexity index is 545. The maximum Gasteiger partial charge on any atom is 0.321 e. The summed E-state index contributed by atoms with van der Waals surface area (Å²) >= 11 is 0. The molecular formula is C17H24FN3O2. The van der Waals surface area contributed by atoms with Crippen molar-refractivity contribution in [3.63, 3.8) is 0 Å². The molecule has 0 spiro atoms. The first-order valence-corrected chi connectivity index (χ1v) is 8.05. The molecule has 126 valence electrons. The van der Waals surface area contributed by atoms with Crippen LogP contribution in [0.1, 0.15) is 26.7 Å². The fourth-order valence-electron chi connectivity index (χ4n) is 2.56. The molecule has 23 heavy (non-hydrogen) atoms. The van der Waals surface area contributed by atoms with Gasteiger partial charge < -0.3 is 15.5 Å². The molecule has 1 fully saturated rings. The molecule has 3 amide bonds. The van der Waals surface area contributed by atoms with E-state index < -0.39 is 0 Å². The molecule has 1 unspecified atom stereocenters. The van der Waals surface area contributed by atoms with Gasteiger partial charge >= 0.3 is 6.03 Å². The number of nitrogens with zero attached hydrogens (tertiary/aromatic N) is 1. The summed E-state index contributed by atoms with van der Waals surface area (Å²) < 4.78 is 12.9. The average Bonchev–Trinajstić information content (AvgIpc) is 2.54. The van der Waals surface area contributed by atoms with Gasteiger partial charge in [-0.3, -0.25) is 4.79 Å². The number of piperidine rings is 1. The smallest absolute Gasteiger partial charge is 0.321 e. The SMILES string of the molecule is CC(C)CNC(=O)C1CCCN(C(=O)Nc2ccc(F)cc2)C1. The Morgan fingerprint density at radius 2 is 2.00 bits per heavy atom. The third kappa shape index (κ3) is 5.23. The van der Waals surface area contributed by atoms with Gasteiger partial charge in [-0.15, -0.1) is 0 Å². The molecule has 1 aliphatic heterocycles. The largest absolute Gasteiger partial charge is 0.356 e. The number of anilines is 1. The van der Waals surface area contributed by atoms with E-state index in [2.05, 4.69) is 10.6 Å². The second-order valence-electron chi connectivity index (χ2n) is 6.36. The molecule has 0 radical (unpaired) electrons. The van der Waals surface area contributed by atoms with E-state index in [1.54, 1.807) is 4.90 Å². The van der Waals surface area contributed by atoms with Gasteiger partial charge in [-0.2, -0.15) is 0 Å². The summed E-state index contributed by atoms with van der Waals surface area (Å²) in [6, 6.07) is 5.38. The number of rotatable bonds is 4. The van der Waals surface area contributed by atoms with Crippen molar-refractivity contribution in [1.82, 2.24) is 10.2 Å². The highest BCUT2D eigenvalue weighted by Crippen LogP contribution is 2.18. The Kier molecular flexibility index (Phi) is 5.96. The average molecular weight is 321 g/mol. The Morgan fingerprint density at radius 3 is 2.65 bits per heavy atom. The van der Waals surface area contributed by atoms with Crippen LogP contribution in [0.15, 0.2) is 24.3 Å². The molecule has 5 nitrogen and oxygen atoms in total. The number of carbonyl (C=O) groups excluding carboxylic acids is 2. The van der Waals surface area contributed by atoms with Gasteiger partial charge in [-0.05, 0) is 43.0 Å². The normalized spacial score (nSPS) is 17.9. The molecule has 1 saturated heterocycles. The van der Waals surface area contributed by atoms with Gasteiger partial charge in [0.1, 0.15) is 5.82 Å². The summed E-state index contributed by atoms with van der Waals surface area (Å²) in [5.74, 6) is -0.0947. The van der Waals surface area contributed by atoms with Crippen LogP contribution in [0, 0.1) is 17.7 Å². The van der Waals surface area contributed by atoms with E-state index in [-0.39, 0.29) is 23.7 Å². The highest BCUT2D eigenvalue weighted by Gasteiger charge is 2.28. The highest BCUT2D eigenvalue weighted by atomic mass is 19.1. The number of nitrogens with one attached hydrogen (secondary N) is 2. The second-order valence-corrected chi connectivity index (χ2v) is 6.36. The second kappa shape index (κ2) is 7.94. The third-order valence-electron chi connectivity index (χ3n) is 3.86. The van der Waals surface area contributed by atoms with Crippen molar-refractivity contribution in [3.05, 3.63) is 30.1 Å². The fourth-order valence-corrected chi connectivity index (χ4v) is 2.56. The lowest BCUT2D eigenvalue weighted by molar-refractivity contribution is -0.126. The van der Waals surface area contributed by atoms with E-state index in [1.165, 1.54) is 24.3 Å². The summed E-state index contributed by atoms with van der Waals surface area (Å²) in [7, 11) is 0. The van der Waals surface area contributed by atoms with Gasteiger partial charge in [0.25, 0.3) is 0 Å². The quantitative estimate of drug-likeness (QED) is 0.896. The van der Waals surface area contributed by atoms with E-state index in [9.17, 15) is 14.0 Å². The predicted molar refractivity (Wildman–Crippen MR) is 87.6 cm³/mol. The van der Waals surface area contributed by atoms with E-state index in [4.69, 9.17) is 0 Å². The van der Waals surface area contributed by atoms with Crippen LogP contribution in [0.25, 0.3) is 0 Å². The molecule has 0 bridgehead atoms. The van der Waals surface area contributed by atoms with Crippen molar-refractivity contribution < 1.29 is 14.0 Å². The maximum atomic E-state index is 12.9. The van der Waals surface area contributed by atoms with Gasteiger partial charge in [0.15, 0.2) is 0 Å². The Morgan fingerprint density at radius 1 is 1.30 bits per heavy atom. The lowest BCUT2D eigenvalue weighted by atomic mass is 9.97. The fraction of sp³-hybridized carbons (Fsp3) is 0.529. The van der Waals surface area contributed by atoms with Crippen LogP contribution in [0.4, 0.5) is 14.9 Å². The number of urea groups is 1. The molecule has 1 heterocycles. The lowest BCUT2D eigenvalue weighted by Crippen LogP contribution is -2.47. The number of amides is 3. The standard InChI is InChI=1S/C17H24FN3O2/c1-12(2)10-19-16(22)13-4-3-9-21(11-13)17(23)20-15-7-5-14(18)6-8-15/h5-8,12-13H,3-4,9-11H2,1-2H3,(H,19,22)(H,20,23). The molecule has 6 heteroatoms. The zero-order valence-electron chi connectivity index (χ0n) is 13.6. The van der Waals surface area contributed by atoms with E-state index in [1.807, 2.05) is 13.8 Å². The molecule has 1 aromatic rings. The van der Waals surface area contributed by atoms with Crippen molar-refractivity contribution in [1.29, 1.82) is 0 Å². The minimum Gasteiger partial charge on any atom is -0.356 e. The van der Waals surface area contributed by atoms with Crippen molar-refractivity contribution in [2.24, 2.45) is 11.8 Å². The summed E-state index contributed by atoms with van der Waals surface area (Å²) in [6.45, 7) is 5.78. The summed E-state index contributed by atoms with van der Waals surface area (Å²) in [5.41, 5.74) is 0.544. The molecule has 2 N–H and O–H groups in total. The van der Waals surface area contributed by atoms with Gasteiger partial charge in [-0.25, -0.2) is 9.18 Å². The number of carbonyl (C=O) groups is 2. The summed E-state index contributed by atoms with van der Waals surface area (Å²) in [5, 5.41) is 5.67. The molecule has 0 saturated carbocycles. The zero-order valence-corrected chi connectivity index (χ0v) is 13.6. The number of hydrogen-bond donors (Lipinski definition) is 2. The maximum absolute atomic E-state index is 12.9. The molecule has 0 aliphatic carbocycles. The van der Waals surface area contributed by atoms with Gasteiger partial charge in [0.2, 0.25) is 5.91 Å². The molecular weight excluding hydrogens is 297 g/mol. The van der Waals surface area contributed by atoms with E-state index in [0.29, 0.717) is 31.2 Å². The zero-order chi connectivity index (χ0) is 16.8. The first-order chi connectivity index (χ1) is 11.0. The summed E-state index contributed by atoms with van der Waals surface area (Å²) in [4.78, 5) is 26.1. The van der Waals surface area contributed by atoms with Crippen LogP contribution in [0.3, 0.4) is 0 Å². The first kappa shape index (κ1) is 17.2. The van der Waals surface area contributed by atoms with Crippen LogP contribution in [-0.2, 0) is 4.79 Å². The van der Waals surface area contributed by atoms with Crippen molar-refractivity contribution in [2.75, 3.05) is 25.0 Å². The van der Waals surface area contributed by atoms with Gasteiger partial charge in [-0.1, -0.05) is 13.8 Å². The predicted octanol–water partition coefficient (Wildman–Crippen LogP) is 2.84. The van der Waals surface area contributed by atoms with Crippen molar-refractivity contribution in [2.45, 2.75) is 26.7 Å². The van der Waals surface area contributed by atoms with Crippen LogP contribution in [-0.4, -0.2) is 36.5 Å². The van der Waals surface area contributed by atoms with Crippen LogP contribution < -0.4 is 10.6 Å². The van der Waals surface area contributed by atoms with Crippen LogP contribution >= 0.6 is 0 Å². The Balaban J connectivity index is 1.88. The minimum absolute atomic E-state index is 0.0120. The van der Waals surface area contributed by atoms with Crippen LogP contribution in [0.2, 0.25) is 0 Å². The molecule has 1 atom stereocenters. The van der Waals surface area contributed by atoms with Crippen LogP contribution in [0.5, 0.6) is 0 Å². The topological polar surface area (TPSA) is 61.4 Å². The van der Waals surface area contributed by atoms with Gasteiger partial charge in [0.05, 0.1) is 5.92 Å². The number of likely N-dealkylation sites (tertiary alicyclic amines) is 1. The van der Waals surface area contributed by atoms with E-state index >= 15 is 0 Å². The Hall–Kier alpha value is -2.11. The first-order valence-electron chi connectivity index (χ1n) is 8.05. The highest BCUT2D eigenvalue weighted by molar-refractivity contribution is 5.90. The third-order valence-corrected chi connectivity index (χ3v) is 3.86. The molecule has 2 rings (SSSR count). The number of halogens is 1. The number of hydrogen-bond acceptors (Lipinski definition) is 2. The van der Waals surface area contributed by atoms with Crippen molar-refractivity contribution in [3.8, 4) is 0 Å². The lowest BCUT2D eigenvalue weighted by Gasteiger charge is -2.32. The van der Waals surface area contributed by atoms with E-state index in [0.717, 1.165) is 12.8 Å². The Labute approximate surface area is 136 Å². The minimum atomic E-state index is -0.345. The monoisotopic (exact) mass is 321 g/mol. The summed E-state index contributed by atoms with van der Waals surface area (Å²) in [6.07, 6.45) is 1.60. The molecule has 1 aliphatic rings.